The standard InChI is InChI=1S/C12H19ClN2O4S2/c1-4-9(5-2)8-14(6-3)21(18,19)11-7-10(15(16)17)12(13)20-11/h7,9H,4-6,8H2,1-3H3. The first kappa shape index (κ1) is 18.3. The van der Waals surface area contributed by atoms with Crippen molar-refractivity contribution in [1.29, 1.82) is 0 Å². The van der Waals surface area contributed by atoms with E-state index in [0.29, 0.717) is 13.1 Å². The molecule has 0 fully saturated rings. The number of thiophene rings is 1. The van der Waals surface area contributed by atoms with Crippen molar-refractivity contribution in [1.82, 2.24) is 4.31 Å². The molecule has 21 heavy (non-hydrogen) atoms. The molecule has 1 rings (SSSR count). The van der Waals surface area contributed by atoms with E-state index in [9.17, 15) is 18.5 Å². The second kappa shape index (κ2) is 7.53. The summed E-state index contributed by atoms with van der Waals surface area (Å²) in [6, 6.07) is 1.04. The molecule has 0 aromatic carbocycles. The van der Waals surface area contributed by atoms with Crippen molar-refractivity contribution in [2.75, 3.05) is 13.1 Å². The molecule has 0 radical (unpaired) electrons. The minimum absolute atomic E-state index is 0.0768. The molecule has 0 aliphatic rings. The summed E-state index contributed by atoms with van der Waals surface area (Å²) in [6.45, 7) is 6.52. The van der Waals surface area contributed by atoms with Gasteiger partial charge in [-0.2, -0.15) is 4.31 Å². The summed E-state index contributed by atoms with van der Waals surface area (Å²) >= 11 is 6.48. The van der Waals surface area contributed by atoms with Crippen LogP contribution in [-0.2, 0) is 10.0 Å². The molecule has 0 spiro atoms. The van der Waals surface area contributed by atoms with Crippen molar-refractivity contribution in [3.8, 4) is 0 Å². The number of hydrogen-bond donors (Lipinski definition) is 0. The lowest BCUT2D eigenvalue weighted by Gasteiger charge is -2.23. The number of nitro groups is 1. The first-order valence-electron chi connectivity index (χ1n) is 6.71. The molecule has 0 saturated heterocycles. The van der Waals surface area contributed by atoms with Crippen LogP contribution in [0.5, 0.6) is 0 Å². The SMILES string of the molecule is CCC(CC)CN(CC)S(=O)(=O)c1cc([N+](=O)[O-])c(Cl)s1. The van der Waals surface area contributed by atoms with Gasteiger partial charge in [0.05, 0.1) is 4.92 Å². The summed E-state index contributed by atoms with van der Waals surface area (Å²) in [6.07, 6.45) is 1.77. The number of halogens is 1. The maximum atomic E-state index is 12.6. The summed E-state index contributed by atoms with van der Waals surface area (Å²) in [5, 5.41) is 10.8. The number of nitrogens with zero attached hydrogens (tertiary/aromatic N) is 2. The van der Waals surface area contributed by atoms with Gasteiger partial charge in [-0.3, -0.25) is 10.1 Å². The Morgan fingerprint density at radius 1 is 1.38 bits per heavy atom. The van der Waals surface area contributed by atoms with Gasteiger partial charge in [0.25, 0.3) is 15.7 Å². The monoisotopic (exact) mass is 354 g/mol. The third-order valence-corrected chi connectivity index (χ3v) is 7.13. The zero-order valence-corrected chi connectivity index (χ0v) is 14.6. The Bertz CT molecular complexity index is 596. The smallest absolute Gasteiger partial charge is 0.258 e. The van der Waals surface area contributed by atoms with Crippen molar-refractivity contribution >= 4 is 38.6 Å². The topological polar surface area (TPSA) is 80.5 Å². The van der Waals surface area contributed by atoms with Crippen molar-refractivity contribution in [2.24, 2.45) is 5.92 Å². The van der Waals surface area contributed by atoms with Gasteiger partial charge in [-0.15, -0.1) is 11.3 Å². The summed E-state index contributed by atoms with van der Waals surface area (Å²) in [5.41, 5.74) is -0.362. The maximum Gasteiger partial charge on any atom is 0.300 e. The molecule has 0 aliphatic heterocycles. The van der Waals surface area contributed by atoms with E-state index < -0.39 is 14.9 Å². The quantitative estimate of drug-likeness (QED) is 0.525. The largest absolute Gasteiger partial charge is 0.300 e. The van der Waals surface area contributed by atoms with Gasteiger partial charge in [0.1, 0.15) is 4.21 Å². The second-order valence-corrected chi connectivity index (χ2v) is 8.44. The van der Waals surface area contributed by atoms with E-state index in [1.54, 1.807) is 6.92 Å². The number of hydrogen-bond acceptors (Lipinski definition) is 5. The van der Waals surface area contributed by atoms with Gasteiger partial charge in [0.2, 0.25) is 0 Å². The summed E-state index contributed by atoms with van der Waals surface area (Å²) in [5.74, 6) is 0.269. The Labute approximate surface area is 133 Å². The van der Waals surface area contributed by atoms with Crippen LogP contribution < -0.4 is 0 Å². The fraction of sp³-hybridized carbons (Fsp3) is 0.667. The molecule has 1 aromatic rings. The molecule has 0 bridgehead atoms. The van der Waals surface area contributed by atoms with Crippen LogP contribution in [0.25, 0.3) is 0 Å². The van der Waals surface area contributed by atoms with Crippen LogP contribution in [0.15, 0.2) is 10.3 Å². The van der Waals surface area contributed by atoms with E-state index in [0.717, 1.165) is 30.2 Å². The van der Waals surface area contributed by atoms with Gasteiger partial charge in [0.15, 0.2) is 4.34 Å². The highest BCUT2D eigenvalue weighted by atomic mass is 35.5. The van der Waals surface area contributed by atoms with E-state index in [-0.39, 0.29) is 20.2 Å². The zero-order valence-electron chi connectivity index (χ0n) is 12.2. The van der Waals surface area contributed by atoms with Crippen molar-refractivity contribution in [3.63, 3.8) is 0 Å². The second-order valence-electron chi connectivity index (χ2n) is 4.62. The predicted molar refractivity (Wildman–Crippen MR) is 84.5 cm³/mol. The lowest BCUT2D eigenvalue weighted by Crippen LogP contribution is -2.34. The number of rotatable bonds is 8. The molecule has 0 unspecified atom stereocenters. The molecule has 0 saturated carbocycles. The highest BCUT2D eigenvalue weighted by Crippen LogP contribution is 2.37. The highest BCUT2D eigenvalue weighted by molar-refractivity contribution is 7.91. The van der Waals surface area contributed by atoms with Crippen LogP contribution in [0, 0.1) is 16.0 Å². The molecule has 0 aliphatic carbocycles. The lowest BCUT2D eigenvalue weighted by atomic mass is 10.0. The molecular weight excluding hydrogens is 336 g/mol. The fourth-order valence-electron chi connectivity index (χ4n) is 1.95. The van der Waals surface area contributed by atoms with Crippen LogP contribution in [0.1, 0.15) is 33.6 Å². The number of sulfonamides is 1. The third kappa shape index (κ3) is 4.15. The minimum Gasteiger partial charge on any atom is -0.258 e. The summed E-state index contributed by atoms with van der Waals surface area (Å²) in [7, 11) is -3.74. The van der Waals surface area contributed by atoms with Crippen LogP contribution in [0.4, 0.5) is 5.69 Å². The lowest BCUT2D eigenvalue weighted by molar-refractivity contribution is -0.384. The minimum atomic E-state index is -3.74. The Hall–Kier alpha value is -0.700. The fourth-order valence-corrected chi connectivity index (χ4v) is 5.29. The molecular formula is C12H19ClN2O4S2. The van der Waals surface area contributed by atoms with Gasteiger partial charge in [0, 0.05) is 19.2 Å². The summed E-state index contributed by atoms with van der Waals surface area (Å²) in [4.78, 5) is 10.1. The van der Waals surface area contributed by atoms with E-state index in [4.69, 9.17) is 11.6 Å². The van der Waals surface area contributed by atoms with Gasteiger partial charge >= 0.3 is 0 Å². The Morgan fingerprint density at radius 3 is 2.33 bits per heavy atom. The van der Waals surface area contributed by atoms with Crippen LogP contribution in [-0.4, -0.2) is 30.7 Å². The van der Waals surface area contributed by atoms with Crippen LogP contribution in [0.3, 0.4) is 0 Å². The Morgan fingerprint density at radius 2 is 1.95 bits per heavy atom. The van der Waals surface area contributed by atoms with Crippen LogP contribution >= 0.6 is 22.9 Å². The average Bonchev–Trinajstić information content (AvgIpc) is 2.83. The first-order valence-corrected chi connectivity index (χ1v) is 9.35. The third-order valence-electron chi connectivity index (χ3n) is 3.41. The average molecular weight is 355 g/mol. The molecule has 0 atom stereocenters. The molecule has 9 heteroatoms. The van der Waals surface area contributed by atoms with Gasteiger partial charge in [-0.05, 0) is 5.92 Å². The van der Waals surface area contributed by atoms with E-state index in [1.807, 2.05) is 13.8 Å². The van der Waals surface area contributed by atoms with Gasteiger partial charge in [-0.25, -0.2) is 8.42 Å². The molecule has 1 heterocycles. The van der Waals surface area contributed by atoms with Crippen molar-refractivity contribution < 1.29 is 13.3 Å². The van der Waals surface area contributed by atoms with Gasteiger partial charge < -0.3 is 0 Å². The maximum absolute atomic E-state index is 12.6. The normalized spacial score (nSPS) is 12.3. The van der Waals surface area contributed by atoms with Crippen molar-refractivity contribution in [2.45, 2.75) is 37.8 Å². The molecule has 0 N–H and O–H groups in total. The van der Waals surface area contributed by atoms with Crippen LogP contribution in [0.2, 0.25) is 4.34 Å². The molecule has 1 aromatic heterocycles. The predicted octanol–water partition coefficient (Wildman–Crippen LogP) is 3.76. The first-order chi connectivity index (χ1) is 9.77. The Balaban J connectivity index is 3.13. The summed E-state index contributed by atoms with van der Waals surface area (Å²) < 4.78 is 26.3. The van der Waals surface area contributed by atoms with E-state index in [1.165, 1.54) is 4.31 Å². The van der Waals surface area contributed by atoms with Crippen molar-refractivity contribution in [3.05, 3.63) is 20.5 Å². The zero-order chi connectivity index (χ0) is 16.2. The molecule has 6 nitrogen and oxygen atoms in total. The molecule has 120 valence electrons. The van der Waals surface area contributed by atoms with Gasteiger partial charge in [-0.1, -0.05) is 45.2 Å². The molecule has 0 amide bonds. The highest BCUT2D eigenvalue weighted by Gasteiger charge is 2.30. The Kier molecular flexibility index (Phi) is 6.58. The van der Waals surface area contributed by atoms with E-state index in [2.05, 4.69) is 0 Å². The van der Waals surface area contributed by atoms with E-state index >= 15 is 0 Å².